The molecular formula is C25H37ClN2O9. The number of hydrogen-bond donors (Lipinski definition) is 5. The average molecular weight is 545 g/mol. The van der Waals surface area contributed by atoms with E-state index in [-0.39, 0.29) is 25.7 Å². The summed E-state index contributed by atoms with van der Waals surface area (Å²) in [5.74, 6) is -1.90. The highest BCUT2D eigenvalue weighted by molar-refractivity contribution is 6.30. The minimum atomic E-state index is -1.08. The Bertz CT molecular complexity index is 837. The van der Waals surface area contributed by atoms with Gasteiger partial charge in [-0.1, -0.05) is 11.6 Å². The Kier molecular flexibility index (Phi) is 15.2. The van der Waals surface area contributed by atoms with E-state index in [2.05, 4.69) is 11.0 Å². The van der Waals surface area contributed by atoms with Crippen LogP contribution in [0.25, 0.3) is 0 Å². The molecule has 0 bridgehead atoms. The lowest BCUT2D eigenvalue weighted by atomic mass is 9.98. The summed E-state index contributed by atoms with van der Waals surface area (Å²) in [4.78, 5) is 41.0. The second kappa shape index (κ2) is 17.5. The topological polar surface area (TPSA) is 188 Å². The first kappa shape index (κ1) is 32.1. The van der Waals surface area contributed by atoms with Gasteiger partial charge in [-0.3, -0.25) is 24.1 Å². The van der Waals surface area contributed by atoms with Crippen molar-refractivity contribution in [2.45, 2.75) is 57.9 Å². The zero-order valence-corrected chi connectivity index (χ0v) is 21.6. The van der Waals surface area contributed by atoms with Gasteiger partial charge >= 0.3 is 23.9 Å². The molecule has 0 amide bonds. The van der Waals surface area contributed by atoms with Crippen molar-refractivity contribution in [3.05, 3.63) is 28.8 Å². The van der Waals surface area contributed by atoms with Gasteiger partial charge in [-0.2, -0.15) is 0 Å². The number of rotatable bonds is 12. The first-order valence-corrected chi connectivity index (χ1v) is 12.6. The molecule has 2 fully saturated rings. The first-order valence-electron chi connectivity index (χ1n) is 12.2. The average Bonchev–Trinajstić information content (AvgIpc) is 3.66. The third-order valence-electron chi connectivity index (χ3n) is 5.63. The predicted octanol–water partition coefficient (Wildman–Crippen LogP) is 3.17. The molecule has 1 aromatic rings. The molecule has 6 N–H and O–H groups in total. The van der Waals surface area contributed by atoms with Crippen LogP contribution in [0.2, 0.25) is 5.02 Å². The Hall–Kier alpha value is -2.89. The van der Waals surface area contributed by atoms with Gasteiger partial charge in [-0.05, 0) is 68.8 Å². The van der Waals surface area contributed by atoms with Gasteiger partial charge in [-0.15, -0.1) is 0 Å². The summed E-state index contributed by atoms with van der Waals surface area (Å²) < 4.78 is 6.00. The second-order valence-corrected chi connectivity index (χ2v) is 9.50. The van der Waals surface area contributed by atoms with Gasteiger partial charge in [0.1, 0.15) is 5.75 Å². The molecule has 37 heavy (non-hydrogen) atoms. The van der Waals surface area contributed by atoms with E-state index in [4.69, 9.17) is 42.5 Å². The Morgan fingerprint density at radius 2 is 1.43 bits per heavy atom. The van der Waals surface area contributed by atoms with Crippen LogP contribution in [0.5, 0.6) is 5.75 Å². The van der Waals surface area contributed by atoms with E-state index in [1.807, 2.05) is 12.1 Å². The quantitative estimate of drug-likeness (QED) is 0.260. The summed E-state index contributed by atoms with van der Waals surface area (Å²) in [7, 11) is 0. The van der Waals surface area contributed by atoms with Crippen molar-refractivity contribution in [2.24, 2.45) is 17.6 Å². The number of halogens is 1. The van der Waals surface area contributed by atoms with Crippen LogP contribution in [0, 0.1) is 11.8 Å². The molecule has 1 saturated heterocycles. The molecule has 3 rings (SSSR count). The number of piperidine rings is 1. The van der Waals surface area contributed by atoms with Gasteiger partial charge in [0, 0.05) is 23.7 Å². The molecule has 0 aromatic heterocycles. The van der Waals surface area contributed by atoms with E-state index in [1.165, 1.54) is 31.2 Å². The summed E-state index contributed by atoms with van der Waals surface area (Å²) in [6.07, 6.45) is 3.93. The highest BCUT2D eigenvalue weighted by atomic mass is 35.5. The number of carboxylic acids is 4. The maximum atomic E-state index is 9.64. The van der Waals surface area contributed by atoms with Gasteiger partial charge in [-0.25, -0.2) is 0 Å². The van der Waals surface area contributed by atoms with Crippen LogP contribution < -0.4 is 10.5 Å². The minimum Gasteiger partial charge on any atom is -0.493 e. The second-order valence-electron chi connectivity index (χ2n) is 9.06. The van der Waals surface area contributed by atoms with Crippen molar-refractivity contribution in [2.75, 3.05) is 26.2 Å². The Balaban J connectivity index is 0.000000355. The zero-order chi connectivity index (χ0) is 27.8. The number of carboxylic acid groups (broad SMARTS) is 4. The number of nitrogens with two attached hydrogens (primary N) is 1. The largest absolute Gasteiger partial charge is 0.493 e. The van der Waals surface area contributed by atoms with Crippen molar-refractivity contribution >= 4 is 35.5 Å². The molecular weight excluding hydrogens is 508 g/mol. The summed E-state index contributed by atoms with van der Waals surface area (Å²) in [6.45, 7) is 4.78. The molecule has 0 spiro atoms. The Morgan fingerprint density at radius 1 is 0.892 bits per heavy atom. The first-order chi connectivity index (χ1) is 17.5. The SMILES string of the molecule is NC[C@@H]1CCCN(Cc2cc(Cl)ccc2OCC2CC2)C1.O=C(O)CCC(=O)O.O=C(O)CCC(=O)O. The van der Waals surface area contributed by atoms with Gasteiger partial charge in [0.25, 0.3) is 0 Å². The number of likely N-dealkylation sites (tertiary alicyclic amines) is 1. The van der Waals surface area contributed by atoms with Crippen LogP contribution in [0.3, 0.4) is 0 Å². The normalized spacial score (nSPS) is 16.9. The van der Waals surface area contributed by atoms with Gasteiger partial charge < -0.3 is 30.9 Å². The Labute approximate surface area is 221 Å². The fourth-order valence-electron chi connectivity index (χ4n) is 3.46. The van der Waals surface area contributed by atoms with Crippen molar-refractivity contribution < 1.29 is 44.3 Å². The molecule has 1 saturated carbocycles. The lowest BCUT2D eigenvalue weighted by Crippen LogP contribution is -2.37. The summed E-state index contributed by atoms with van der Waals surface area (Å²) in [5, 5.41) is 32.4. The number of carbonyl (C=O) groups is 4. The van der Waals surface area contributed by atoms with E-state index in [9.17, 15) is 19.2 Å². The van der Waals surface area contributed by atoms with Gasteiger partial charge in [0.05, 0.1) is 32.3 Å². The van der Waals surface area contributed by atoms with Crippen molar-refractivity contribution in [3.8, 4) is 5.75 Å². The van der Waals surface area contributed by atoms with E-state index in [1.54, 1.807) is 0 Å². The lowest BCUT2D eigenvalue weighted by molar-refractivity contribution is -0.143. The molecule has 2 aliphatic rings. The molecule has 1 heterocycles. The fraction of sp³-hybridized carbons (Fsp3) is 0.600. The molecule has 0 unspecified atom stereocenters. The molecule has 1 aromatic carbocycles. The summed E-state index contributed by atoms with van der Waals surface area (Å²) in [5.41, 5.74) is 7.04. The molecule has 208 valence electrons. The van der Waals surface area contributed by atoms with Crippen molar-refractivity contribution in [3.63, 3.8) is 0 Å². The van der Waals surface area contributed by atoms with Crippen molar-refractivity contribution in [1.29, 1.82) is 0 Å². The van der Waals surface area contributed by atoms with E-state index in [0.717, 1.165) is 49.5 Å². The fourth-order valence-corrected chi connectivity index (χ4v) is 3.66. The summed E-state index contributed by atoms with van der Waals surface area (Å²) in [6, 6.07) is 5.99. The lowest BCUT2D eigenvalue weighted by Gasteiger charge is -2.32. The molecule has 0 radical (unpaired) electrons. The Morgan fingerprint density at radius 3 is 1.89 bits per heavy atom. The highest BCUT2D eigenvalue weighted by Gasteiger charge is 2.23. The molecule has 1 aliphatic heterocycles. The number of ether oxygens (including phenoxy) is 1. The van der Waals surface area contributed by atoms with Crippen molar-refractivity contribution in [1.82, 2.24) is 4.90 Å². The van der Waals surface area contributed by atoms with Gasteiger partial charge in [0.2, 0.25) is 0 Å². The summed E-state index contributed by atoms with van der Waals surface area (Å²) >= 11 is 6.17. The predicted molar refractivity (Wildman–Crippen MR) is 136 cm³/mol. The highest BCUT2D eigenvalue weighted by Crippen LogP contribution is 2.32. The monoisotopic (exact) mass is 544 g/mol. The van der Waals surface area contributed by atoms with Crippen LogP contribution in [0.4, 0.5) is 0 Å². The number of hydrogen-bond acceptors (Lipinski definition) is 7. The third kappa shape index (κ3) is 16.5. The van der Waals surface area contributed by atoms with Crippen LogP contribution in [0.15, 0.2) is 18.2 Å². The molecule has 11 nitrogen and oxygen atoms in total. The minimum absolute atomic E-state index is 0.296. The molecule has 1 atom stereocenters. The maximum absolute atomic E-state index is 9.64. The van der Waals surface area contributed by atoms with E-state index >= 15 is 0 Å². The van der Waals surface area contributed by atoms with Crippen LogP contribution >= 0.6 is 11.6 Å². The van der Waals surface area contributed by atoms with Crippen LogP contribution in [0.1, 0.15) is 56.9 Å². The standard InChI is InChI=1S/C17H25ClN2O.2C4H6O4/c18-16-5-6-17(21-12-13-3-4-13)15(8-16)11-20-7-1-2-14(9-19)10-20;2*5-3(6)1-2-4(7)8/h5-6,8,13-14H,1-4,7,9-12,19H2;2*1-2H2,(H,5,6)(H,7,8)/t14-;;/m0../s1. The van der Waals surface area contributed by atoms with Crippen LogP contribution in [-0.2, 0) is 25.7 Å². The van der Waals surface area contributed by atoms with E-state index in [0.29, 0.717) is 5.92 Å². The number of nitrogens with zero attached hydrogens (tertiary/aromatic N) is 1. The van der Waals surface area contributed by atoms with E-state index < -0.39 is 23.9 Å². The van der Waals surface area contributed by atoms with Gasteiger partial charge in [0.15, 0.2) is 0 Å². The maximum Gasteiger partial charge on any atom is 0.303 e. The number of aliphatic carboxylic acids is 4. The molecule has 12 heteroatoms. The van der Waals surface area contributed by atoms with Crippen LogP contribution in [-0.4, -0.2) is 75.4 Å². The number of benzene rings is 1. The smallest absolute Gasteiger partial charge is 0.303 e. The molecule has 1 aliphatic carbocycles. The third-order valence-corrected chi connectivity index (χ3v) is 5.86. The zero-order valence-electron chi connectivity index (χ0n) is 20.8.